The lowest BCUT2D eigenvalue weighted by atomic mass is 9.89. The molecular weight excluding hydrogens is 232 g/mol. The van der Waals surface area contributed by atoms with Crippen LogP contribution < -0.4 is 5.32 Å². The largest absolute Gasteiger partial charge is 0.311 e. The highest BCUT2D eigenvalue weighted by Crippen LogP contribution is 2.34. The van der Waals surface area contributed by atoms with Gasteiger partial charge in [-0.2, -0.15) is 0 Å². The maximum absolute atomic E-state index is 3.77. The molecule has 0 amide bonds. The molecule has 0 aromatic rings. The molecule has 1 aliphatic carbocycles. The molecule has 2 unspecified atom stereocenters. The van der Waals surface area contributed by atoms with Crippen molar-refractivity contribution in [2.24, 2.45) is 11.8 Å². The third-order valence-corrected chi connectivity index (χ3v) is 5.45. The molecule has 2 aliphatic heterocycles. The van der Waals surface area contributed by atoms with Crippen LogP contribution in [0.2, 0.25) is 0 Å². The maximum atomic E-state index is 3.77. The van der Waals surface area contributed by atoms with Crippen LogP contribution in [-0.2, 0) is 0 Å². The molecule has 0 aromatic carbocycles. The Kier molecular flexibility index (Phi) is 4.48. The molecule has 2 atom stereocenters. The molecule has 110 valence electrons. The molecule has 2 saturated heterocycles. The molecule has 2 heteroatoms. The molecule has 2 heterocycles. The van der Waals surface area contributed by atoms with Gasteiger partial charge in [0.05, 0.1) is 0 Å². The van der Waals surface area contributed by atoms with Crippen LogP contribution in [0, 0.1) is 11.8 Å². The van der Waals surface area contributed by atoms with Gasteiger partial charge in [-0.25, -0.2) is 0 Å². The van der Waals surface area contributed by atoms with Gasteiger partial charge in [0.25, 0.3) is 0 Å². The predicted octanol–water partition coefficient (Wildman–Crippen LogP) is 3.42. The second-order valence-electron chi connectivity index (χ2n) is 7.71. The zero-order valence-electron chi connectivity index (χ0n) is 12.9. The summed E-state index contributed by atoms with van der Waals surface area (Å²) in [6.45, 7) is 7.44. The standard InChI is InChI=1S/C17H32N2/c1-13(2)7-9-19(17-5-6-17)10-8-14-11-15-3-4-16(12-14)18-15/h13-18H,3-12H2,1-2H3. The van der Waals surface area contributed by atoms with E-state index in [1.807, 2.05) is 0 Å². The van der Waals surface area contributed by atoms with Gasteiger partial charge < -0.3 is 10.2 Å². The first-order valence-electron chi connectivity index (χ1n) is 8.71. The topological polar surface area (TPSA) is 15.3 Å². The number of piperidine rings is 1. The van der Waals surface area contributed by atoms with Crippen molar-refractivity contribution in [2.45, 2.75) is 83.3 Å². The average Bonchev–Trinajstić information content (AvgIpc) is 3.15. The number of hydrogen-bond donors (Lipinski definition) is 1. The molecule has 1 N–H and O–H groups in total. The van der Waals surface area contributed by atoms with E-state index in [1.54, 1.807) is 0 Å². The van der Waals surface area contributed by atoms with E-state index in [1.165, 1.54) is 64.5 Å². The van der Waals surface area contributed by atoms with E-state index in [0.717, 1.165) is 30.0 Å². The predicted molar refractivity (Wildman–Crippen MR) is 81.3 cm³/mol. The van der Waals surface area contributed by atoms with Crippen molar-refractivity contribution in [1.82, 2.24) is 10.2 Å². The van der Waals surface area contributed by atoms with E-state index in [2.05, 4.69) is 24.1 Å². The minimum absolute atomic E-state index is 0.857. The van der Waals surface area contributed by atoms with Crippen LogP contribution in [0.1, 0.15) is 65.2 Å². The average molecular weight is 264 g/mol. The highest BCUT2D eigenvalue weighted by molar-refractivity contribution is 4.92. The van der Waals surface area contributed by atoms with Crippen LogP contribution in [0.25, 0.3) is 0 Å². The minimum atomic E-state index is 0.857. The Morgan fingerprint density at radius 3 is 2.26 bits per heavy atom. The van der Waals surface area contributed by atoms with Crippen molar-refractivity contribution >= 4 is 0 Å². The summed E-state index contributed by atoms with van der Waals surface area (Å²) in [5.74, 6) is 1.87. The van der Waals surface area contributed by atoms with Gasteiger partial charge in [-0.15, -0.1) is 0 Å². The Bertz CT molecular complexity index is 273. The molecule has 1 saturated carbocycles. The SMILES string of the molecule is CC(C)CCN(CCC1CC2CCC(C1)N2)C1CC1. The van der Waals surface area contributed by atoms with Crippen LogP contribution >= 0.6 is 0 Å². The first-order chi connectivity index (χ1) is 9.20. The molecule has 3 rings (SSSR count). The number of nitrogens with one attached hydrogen (secondary N) is 1. The Morgan fingerprint density at radius 1 is 1.00 bits per heavy atom. The van der Waals surface area contributed by atoms with E-state index in [9.17, 15) is 0 Å². The highest BCUT2D eigenvalue weighted by atomic mass is 15.2. The molecule has 0 aromatic heterocycles. The third kappa shape index (κ3) is 3.95. The van der Waals surface area contributed by atoms with Crippen LogP contribution in [0.5, 0.6) is 0 Å². The number of fused-ring (bicyclic) bond motifs is 2. The monoisotopic (exact) mass is 264 g/mol. The Morgan fingerprint density at radius 2 is 1.68 bits per heavy atom. The highest BCUT2D eigenvalue weighted by Gasteiger charge is 2.34. The van der Waals surface area contributed by atoms with E-state index in [0.29, 0.717) is 0 Å². The Hall–Kier alpha value is -0.0800. The van der Waals surface area contributed by atoms with Crippen molar-refractivity contribution < 1.29 is 0 Å². The van der Waals surface area contributed by atoms with Crippen LogP contribution in [0.3, 0.4) is 0 Å². The molecule has 2 bridgehead atoms. The fourth-order valence-corrected chi connectivity index (χ4v) is 4.10. The zero-order valence-corrected chi connectivity index (χ0v) is 12.9. The molecular formula is C17H32N2. The third-order valence-electron chi connectivity index (χ3n) is 5.45. The molecule has 2 nitrogen and oxygen atoms in total. The van der Waals surface area contributed by atoms with Crippen molar-refractivity contribution in [3.63, 3.8) is 0 Å². The second kappa shape index (κ2) is 6.13. The summed E-state index contributed by atoms with van der Waals surface area (Å²) in [4.78, 5) is 2.81. The molecule has 3 aliphatic rings. The number of nitrogens with zero attached hydrogens (tertiary/aromatic N) is 1. The molecule has 19 heavy (non-hydrogen) atoms. The summed E-state index contributed by atoms with van der Waals surface area (Å²) in [5, 5.41) is 3.77. The summed E-state index contributed by atoms with van der Waals surface area (Å²) in [5.41, 5.74) is 0. The fourth-order valence-electron chi connectivity index (χ4n) is 4.10. The van der Waals surface area contributed by atoms with Gasteiger partial charge in [0.1, 0.15) is 0 Å². The summed E-state index contributed by atoms with van der Waals surface area (Å²) in [6.07, 6.45) is 11.6. The normalized spacial score (nSPS) is 34.4. The van der Waals surface area contributed by atoms with Crippen molar-refractivity contribution in [3.05, 3.63) is 0 Å². The molecule has 0 spiro atoms. The van der Waals surface area contributed by atoms with E-state index in [4.69, 9.17) is 0 Å². The minimum Gasteiger partial charge on any atom is -0.311 e. The molecule has 3 fully saturated rings. The van der Waals surface area contributed by atoms with Gasteiger partial charge in [-0.05, 0) is 76.3 Å². The fraction of sp³-hybridized carbons (Fsp3) is 1.00. The van der Waals surface area contributed by atoms with Gasteiger partial charge >= 0.3 is 0 Å². The first-order valence-corrected chi connectivity index (χ1v) is 8.71. The first kappa shape index (κ1) is 13.9. The second-order valence-corrected chi connectivity index (χ2v) is 7.71. The van der Waals surface area contributed by atoms with Crippen molar-refractivity contribution in [1.29, 1.82) is 0 Å². The quantitative estimate of drug-likeness (QED) is 0.758. The summed E-state index contributed by atoms with van der Waals surface area (Å²) in [7, 11) is 0. The van der Waals surface area contributed by atoms with Crippen molar-refractivity contribution in [3.8, 4) is 0 Å². The van der Waals surface area contributed by atoms with Crippen LogP contribution in [-0.4, -0.2) is 36.1 Å². The summed E-state index contributed by atoms with van der Waals surface area (Å²) < 4.78 is 0. The van der Waals surface area contributed by atoms with Gasteiger partial charge in [0.15, 0.2) is 0 Å². The summed E-state index contributed by atoms with van der Waals surface area (Å²) in [6, 6.07) is 2.69. The number of hydrogen-bond acceptors (Lipinski definition) is 2. The van der Waals surface area contributed by atoms with E-state index < -0.39 is 0 Å². The lowest BCUT2D eigenvalue weighted by molar-refractivity contribution is 0.204. The smallest absolute Gasteiger partial charge is 0.00964 e. The van der Waals surface area contributed by atoms with Crippen molar-refractivity contribution in [2.75, 3.05) is 13.1 Å². The van der Waals surface area contributed by atoms with Gasteiger partial charge in [0, 0.05) is 18.1 Å². The van der Waals surface area contributed by atoms with E-state index >= 15 is 0 Å². The zero-order chi connectivity index (χ0) is 13.2. The van der Waals surface area contributed by atoms with Crippen LogP contribution in [0.4, 0.5) is 0 Å². The van der Waals surface area contributed by atoms with Gasteiger partial charge in [-0.3, -0.25) is 0 Å². The Labute approximate surface area is 119 Å². The maximum Gasteiger partial charge on any atom is 0.00964 e. The van der Waals surface area contributed by atoms with E-state index in [-0.39, 0.29) is 0 Å². The lowest BCUT2D eigenvalue weighted by Crippen LogP contribution is -2.39. The van der Waals surface area contributed by atoms with Gasteiger partial charge in [0.2, 0.25) is 0 Å². The summed E-state index contributed by atoms with van der Waals surface area (Å²) >= 11 is 0. The van der Waals surface area contributed by atoms with Crippen LogP contribution in [0.15, 0.2) is 0 Å². The van der Waals surface area contributed by atoms with Gasteiger partial charge in [-0.1, -0.05) is 13.8 Å². The Balaban J connectivity index is 1.41. The number of rotatable bonds is 7. The lowest BCUT2D eigenvalue weighted by Gasteiger charge is -2.31. The molecule has 0 radical (unpaired) electrons.